The Kier molecular flexibility index (Phi) is 3.03. The van der Waals surface area contributed by atoms with Crippen LogP contribution in [-0.2, 0) is 0 Å². The van der Waals surface area contributed by atoms with Crippen molar-refractivity contribution >= 4 is 5.82 Å². The zero-order chi connectivity index (χ0) is 10.7. The number of hydrogen-bond acceptors (Lipinski definition) is 5. The average molecular weight is 199 g/mol. The minimum absolute atomic E-state index is 0.0643. The Labute approximate surface area is 79.7 Å². The molecule has 78 valence electrons. The van der Waals surface area contributed by atoms with Crippen LogP contribution in [0.4, 0.5) is 5.82 Å². The van der Waals surface area contributed by atoms with Gasteiger partial charge >= 0.3 is 5.69 Å². The molecule has 1 aromatic rings. The van der Waals surface area contributed by atoms with E-state index in [1.165, 1.54) is 0 Å². The predicted molar refractivity (Wildman–Crippen MR) is 52.2 cm³/mol. The van der Waals surface area contributed by atoms with Gasteiger partial charge in [-0.1, -0.05) is 0 Å². The number of hydrogen-bond donors (Lipinski definition) is 4. The lowest BCUT2D eigenvalue weighted by atomic mass is 10.2. The Bertz CT molecular complexity index is 407. The fourth-order valence-electron chi connectivity index (χ4n) is 0.793. The lowest BCUT2D eigenvalue weighted by Crippen LogP contribution is -2.38. The van der Waals surface area contributed by atoms with Gasteiger partial charge in [-0.05, 0) is 13.8 Å². The topological polar surface area (TPSA) is 117 Å². The lowest BCUT2D eigenvalue weighted by molar-refractivity contribution is 0.632. The second-order valence-corrected chi connectivity index (χ2v) is 3.15. The summed E-state index contributed by atoms with van der Waals surface area (Å²) in [6.07, 6.45) is 0. The van der Waals surface area contributed by atoms with E-state index >= 15 is 0 Å². The Hall–Kier alpha value is -1.63. The highest BCUT2D eigenvalue weighted by Gasteiger charge is 2.10. The number of nitrogens with two attached hydrogens (primary N) is 1. The molecule has 0 bridgehead atoms. The molecule has 1 aromatic heterocycles. The van der Waals surface area contributed by atoms with Crippen molar-refractivity contribution in [2.24, 2.45) is 5.73 Å². The highest BCUT2D eigenvalue weighted by molar-refractivity contribution is 5.30. The summed E-state index contributed by atoms with van der Waals surface area (Å²) in [5.41, 5.74) is 4.40. The Morgan fingerprint density at radius 1 is 1.43 bits per heavy atom. The largest absolute Gasteiger partial charge is 0.360 e. The first-order valence-electron chi connectivity index (χ1n) is 4.22. The van der Waals surface area contributed by atoms with Gasteiger partial charge in [0.05, 0.1) is 0 Å². The van der Waals surface area contributed by atoms with Gasteiger partial charge in [-0.25, -0.2) is 9.89 Å². The van der Waals surface area contributed by atoms with Gasteiger partial charge in [-0.3, -0.25) is 9.78 Å². The van der Waals surface area contributed by atoms with Crippen LogP contribution in [0.5, 0.6) is 0 Å². The van der Waals surface area contributed by atoms with Crippen molar-refractivity contribution in [2.45, 2.75) is 25.9 Å². The van der Waals surface area contributed by atoms with E-state index in [0.717, 1.165) is 0 Å². The minimum Gasteiger partial charge on any atom is -0.360 e. The van der Waals surface area contributed by atoms with E-state index in [0.29, 0.717) is 0 Å². The van der Waals surface area contributed by atoms with Crippen molar-refractivity contribution in [1.29, 1.82) is 0 Å². The van der Waals surface area contributed by atoms with E-state index < -0.39 is 11.2 Å². The molecule has 0 radical (unpaired) electrons. The zero-order valence-electron chi connectivity index (χ0n) is 8.00. The maximum Gasteiger partial charge on any atom is 0.342 e. The molecule has 0 fully saturated rings. The maximum absolute atomic E-state index is 11.2. The van der Waals surface area contributed by atoms with Crippen LogP contribution in [0.1, 0.15) is 13.8 Å². The molecule has 0 saturated heterocycles. The standard InChI is InChI=1S/C7H13N5O2/c1-3(8)4(2)9-5-6(13)10-7(14)12-11-5/h3-4H,8H2,1-2H3,(H,9,11)(H2,10,12,13,14). The Morgan fingerprint density at radius 3 is 2.57 bits per heavy atom. The minimum atomic E-state index is -0.631. The highest BCUT2D eigenvalue weighted by Crippen LogP contribution is 1.95. The third kappa shape index (κ3) is 2.43. The first kappa shape index (κ1) is 10.5. The number of aromatic nitrogens is 3. The van der Waals surface area contributed by atoms with E-state index in [2.05, 4.69) is 20.5 Å². The molecule has 2 unspecified atom stereocenters. The summed E-state index contributed by atoms with van der Waals surface area (Å²) in [6.45, 7) is 3.62. The maximum atomic E-state index is 11.2. The molecule has 0 saturated carbocycles. The molecule has 7 heteroatoms. The number of H-pyrrole nitrogens is 2. The molecule has 1 rings (SSSR count). The van der Waals surface area contributed by atoms with E-state index in [1.54, 1.807) is 6.92 Å². The molecule has 5 N–H and O–H groups in total. The van der Waals surface area contributed by atoms with Gasteiger partial charge in [0.2, 0.25) is 5.82 Å². The Morgan fingerprint density at radius 2 is 2.07 bits per heavy atom. The van der Waals surface area contributed by atoms with Crippen molar-refractivity contribution < 1.29 is 0 Å². The Balaban J connectivity index is 2.88. The summed E-state index contributed by atoms with van der Waals surface area (Å²) < 4.78 is 0. The predicted octanol–water partition coefficient (Wildman–Crippen LogP) is -1.39. The van der Waals surface area contributed by atoms with Crippen LogP contribution >= 0.6 is 0 Å². The number of aromatic amines is 2. The van der Waals surface area contributed by atoms with E-state index in [1.807, 2.05) is 6.92 Å². The molecule has 0 aliphatic carbocycles. The fraction of sp³-hybridized carbons (Fsp3) is 0.571. The van der Waals surface area contributed by atoms with Crippen LogP contribution in [0, 0.1) is 0 Å². The van der Waals surface area contributed by atoms with Crippen LogP contribution in [-0.4, -0.2) is 27.3 Å². The molecule has 2 atom stereocenters. The number of anilines is 1. The smallest absolute Gasteiger partial charge is 0.342 e. The molecular formula is C7H13N5O2. The third-order valence-electron chi connectivity index (χ3n) is 1.86. The number of nitrogens with one attached hydrogen (secondary N) is 3. The third-order valence-corrected chi connectivity index (χ3v) is 1.86. The summed E-state index contributed by atoms with van der Waals surface area (Å²) in [6, 6.07) is -0.224. The summed E-state index contributed by atoms with van der Waals surface area (Å²) in [5, 5.41) is 8.46. The van der Waals surface area contributed by atoms with E-state index in [-0.39, 0.29) is 17.9 Å². The van der Waals surface area contributed by atoms with Crippen molar-refractivity contribution in [2.75, 3.05) is 5.32 Å². The van der Waals surface area contributed by atoms with E-state index in [4.69, 9.17) is 5.73 Å². The first-order valence-corrected chi connectivity index (χ1v) is 4.22. The summed E-state index contributed by atoms with van der Waals surface area (Å²) in [5.74, 6) is 0.0643. The van der Waals surface area contributed by atoms with Crippen molar-refractivity contribution in [1.82, 2.24) is 15.2 Å². The second kappa shape index (κ2) is 4.05. The van der Waals surface area contributed by atoms with Crippen molar-refractivity contribution in [3.05, 3.63) is 20.8 Å². The number of rotatable bonds is 3. The normalized spacial score (nSPS) is 14.8. The molecule has 0 spiro atoms. The van der Waals surface area contributed by atoms with Crippen molar-refractivity contribution in [3.8, 4) is 0 Å². The van der Waals surface area contributed by atoms with Gasteiger partial charge in [0.25, 0.3) is 5.56 Å². The second-order valence-electron chi connectivity index (χ2n) is 3.15. The highest BCUT2D eigenvalue weighted by atomic mass is 16.2. The van der Waals surface area contributed by atoms with Crippen LogP contribution < -0.4 is 22.3 Å². The van der Waals surface area contributed by atoms with Crippen LogP contribution in [0.2, 0.25) is 0 Å². The molecule has 1 heterocycles. The summed E-state index contributed by atoms with van der Waals surface area (Å²) in [7, 11) is 0. The van der Waals surface area contributed by atoms with Crippen molar-refractivity contribution in [3.63, 3.8) is 0 Å². The molecular weight excluding hydrogens is 186 g/mol. The molecule has 7 nitrogen and oxygen atoms in total. The molecule has 0 aromatic carbocycles. The molecule has 0 aliphatic heterocycles. The SMILES string of the molecule is CC(N)C(C)Nc1n[nH]c(=O)[nH]c1=O. The lowest BCUT2D eigenvalue weighted by Gasteiger charge is -2.16. The van der Waals surface area contributed by atoms with Crippen LogP contribution in [0.15, 0.2) is 9.59 Å². The fourth-order valence-corrected chi connectivity index (χ4v) is 0.793. The summed E-state index contributed by atoms with van der Waals surface area (Å²) in [4.78, 5) is 23.8. The summed E-state index contributed by atoms with van der Waals surface area (Å²) >= 11 is 0. The van der Waals surface area contributed by atoms with Gasteiger partial charge in [0.1, 0.15) is 0 Å². The zero-order valence-corrected chi connectivity index (χ0v) is 8.00. The van der Waals surface area contributed by atoms with Gasteiger partial charge in [-0.15, -0.1) is 5.10 Å². The van der Waals surface area contributed by atoms with Gasteiger partial charge < -0.3 is 11.1 Å². The average Bonchev–Trinajstić information content (AvgIpc) is 2.09. The first-order chi connectivity index (χ1) is 6.50. The molecule has 14 heavy (non-hydrogen) atoms. The van der Waals surface area contributed by atoms with E-state index in [9.17, 15) is 9.59 Å². The van der Waals surface area contributed by atoms with Crippen LogP contribution in [0.3, 0.4) is 0 Å². The number of nitrogens with zero attached hydrogens (tertiary/aromatic N) is 1. The quantitative estimate of drug-likeness (QED) is 0.478. The molecule has 0 aliphatic rings. The van der Waals surface area contributed by atoms with Gasteiger partial charge in [-0.2, -0.15) is 0 Å². The van der Waals surface area contributed by atoms with Gasteiger partial charge in [0, 0.05) is 12.1 Å². The monoisotopic (exact) mass is 199 g/mol. The van der Waals surface area contributed by atoms with Crippen LogP contribution in [0.25, 0.3) is 0 Å². The molecule has 0 amide bonds. The van der Waals surface area contributed by atoms with Gasteiger partial charge in [0.15, 0.2) is 0 Å².